The minimum Gasteiger partial charge on any atom is -0.465 e. The van der Waals surface area contributed by atoms with Crippen LogP contribution in [0.25, 0.3) is 0 Å². The number of furan rings is 1. The van der Waals surface area contributed by atoms with Crippen LogP contribution < -0.4 is 5.73 Å². The smallest absolute Gasteiger partial charge is 0.118 e. The van der Waals surface area contributed by atoms with Crippen LogP contribution in [0.1, 0.15) is 43.8 Å². The van der Waals surface area contributed by atoms with Crippen LogP contribution in [0.3, 0.4) is 0 Å². The summed E-state index contributed by atoms with van der Waals surface area (Å²) in [6.45, 7) is 10.2. The summed E-state index contributed by atoms with van der Waals surface area (Å²) in [6, 6.07) is 2.09. The normalized spacial score (nSPS) is 11.3. The summed E-state index contributed by atoms with van der Waals surface area (Å²) in [5, 5.41) is 0. The molecular weight excluding hydrogens is 200 g/mol. The monoisotopic (exact) mass is 224 g/mol. The van der Waals surface area contributed by atoms with Gasteiger partial charge in [0, 0.05) is 12.1 Å². The van der Waals surface area contributed by atoms with Gasteiger partial charge in [-0.1, -0.05) is 20.3 Å². The van der Waals surface area contributed by atoms with Crippen LogP contribution in [0.5, 0.6) is 0 Å². The van der Waals surface area contributed by atoms with E-state index in [2.05, 4.69) is 24.8 Å². The van der Waals surface area contributed by atoms with Gasteiger partial charge in [-0.25, -0.2) is 0 Å². The first-order valence-corrected chi connectivity index (χ1v) is 6.21. The molecule has 0 spiro atoms. The first-order chi connectivity index (χ1) is 7.71. The van der Waals surface area contributed by atoms with Gasteiger partial charge in [-0.15, -0.1) is 0 Å². The number of hydrogen-bond acceptors (Lipinski definition) is 3. The molecule has 1 aromatic rings. The third kappa shape index (κ3) is 3.65. The van der Waals surface area contributed by atoms with Crippen molar-refractivity contribution in [2.24, 2.45) is 5.73 Å². The van der Waals surface area contributed by atoms with Crippen LogP contribution in [-0.2, 0) is 13.1 Å². The van der Waals surface area contributed by atoms with Crippen molar-refractivity contribution in [2.45, 2.75) is 46.7 Å². The Morgan fingerprint density at radius 1 is 1.38 bits per heavy atom. The Morgan fingerprint density at radius 3 is 2.62 bits per heavy atom. The van der Waals surface area contributed by atoms with Crippen LogP contribution in [0.2, 0.25) is 0 Å². The summed E-state index contributed by atoms with van der Waals surface area (Å²) in [7, 11) is 0. The van der Waals surface area contributed by atoms with Crippen LogP contribution in [0, 0.1) is 6.92 Å². The Balaban J connectivity index is 2.58. The van der Waals surface area contributed by atoms with E-state index in [1.807, 2.05) is 6.92 Å². The van der Waals surface area contributed by atoms with E-state index in [9.17, 15) is 0 Å². The van der Waals surface area contributed by atoms with E-state index in [-0.39, 0.29) is 0 Å². The molecule has 1 heterocycles. The number of nitrogens with two attached hydrogens (primary N) is 1. The van der Waals surface area contributed by atoms with E-state index < -0.39 is 0 Å². The van der Waals surface area contributed by atoms with E-state index in [4.69, 9.17) is 10.2 Å². The third-order valence-corrected chi connectivity index (χ3v) is 2.94. The molecule has 0 unspecified atom stereocenters. The molecule has 0 radical (unpaired) electrons. The lowest BCUT2D eigenvalue weighted by Gasteiger charge is -2.19. The highest BCUT2D eigenvalue weighted by molar-refractivity contribution is 5.20. The molecule has 3 heteroatoms. The van der Waals surface area contributed by atoms with E-state index in [0.29, 0.717) is 6.54 Å². The van der Waals surface area contributed by atoms with Crippen LogP contribution in [0.4, 0.5) is 0 Å². The maximum absolute atomic E-state index is 5.57. The Bertz CT molecular complexity index is 307. The maximum Gasteiger partial charge on any atom is 0.118 e. The van der Waals surface area contributed by atoms with Crippen molar-refractivity contribution in [1.29, 1.82) is 0 Å². The molecule has 0 saturated carbocycles. The molecule has 0 fully saturated rings. The molecule has 0 bridgehead atoms. The zero-order chi connectivity index (χ0) is 12.0. The highest BCUT2D eigenvalue weighted by atomic mass is 16.3. The van der Waals surface area contributed by atoms with Crippen molar-refractivity contribution in [3.05, 3.63) is 23.2 Å². The summed E-state index contributed by atoms with van der Waals surface area (Å²) in [5.74, 6) is 1.90. The van der Waals surface area contributed by atoms with Gasteiger partial charge in [0.05, 0.1) is 6.54 Å². The van der Waals surface area contributed by atoms with Crippen molar-refractivity contribution >= 4 is 0 Å². The predicted octanol–water partition coefficient (Wildman–Crippen LogP) is 2.67. The maximum atomic E-state index is 5.57. The summed E-state index contributed by atoms with van der Waals surface area (Å²) < 4.78 is 5.56. The van der Waals surface area contributed by atoms with Crippen LogP contribution in [-0.4, -0.2) is 18.0 Å². The summed E-state index contributed by atoms with van der Waals surface area (Å²) >= 11 is 0. The standard InChI is InChI=1S/C13H24N2O/c1-4-6-7-15(5-2)10-12-8-13(9-14)16-11(12)3/h8H,4-7,9-10,14H2,1-3H3. The highest BCUT2D eigenvalue weighted by Gasteiger charge is 2.10. The zero-order valence-corrected chi connectivity index (χ0v) is 10.8. The molecule has 0 saturated heterocycles. The van der Waals surface area contributed by atoms with Crippen molar-refractivity contribution in [3.63, 3.8) is 0 Å². The number of unbranched alkanes of at least 4 members (excludes halogenated alkanes) is 1. The third-order valence-electron chi connectivity index (χ3n) is 2.94. The first kappa shape index (κ1) is 13.3. The van der Waals surface area contributed by atoms with Crippen molar-refractivity contribution in [3.8, 4) is 0 Å². The van der Waals surface area contributed by atoms with Gasteiger partial charge in [0.15, 0.2) is 0 Å². The Morgan fingerprint density at radius 2 is 2.12 bits per heavy atom. The summed E-state index contributed by atoms with van der Waals surface area (Å²) in [6.07, 6.45) is 2.50. The van der Waals surface area contributed by atoms with Crippen molar-refractivity contribution < 1.29 is 4.42 Å². The van der Waals surface area contributed by atoms with Crippen LogP contribution >= 0.6 is 0 Å². The quantitative estimate of drug-likeness (QED) is 0.774. The second-order valence-corrected chi connectivity index (χ2v) is 4.22. The van der Waals surface area contributed by atoms with E-state index in [1.54, 1.807) is 0 Å². The Labute approximate surface area is 98.6 Å². The SMILES string of the molecule is CCCCN(CC)Cc1cc(CN)oc1C. The van der Waals surface area contributed by atoms with Gasteiger partial charge in [0.2, 0.25) is 0 Å². The highest BCUT2D eigenvalue weighted by Crippen LogP contribution is 2.16. The van der Waals surface area contributed by atoms with Crippen LogP contribution in [0.15, 0.2) is 10.5 Å². The molecule has 2 N–H and O–H groups in total. The molecule has 1 rings (SSSR count). The predicted molar refractivity (Wildman–Crippen MR) is 67.2 cm³/mol. The van der Waals surface area contributed by atoms with Gasteiger partial charge in [0.1, 0.15) is 11.5 Å². The molecule has 3 nitrogen and oxygen atoms in total. The van der Waals surface area contributed by atoms with Gasteiger partial charge in [-0.05, 0) is 32.5 Å². The van der Waals surface area contributed by atoms with E-state index in [0.717, 1.165) is 31.2 Å². The summed E-state index contributed by atoms with van der Waals surface area (Å²) in [4.78, 5) is 2.45. The lowest BCUT2D eigenvalue weighted by molar-refractivity contribution is 0.273. The largest absolute Gasteiger partial charge is 0.465 e. The molecule has 0 atom stereocenters. The first-order valence-electron chi connectivity index (χ1n) is 6.21. The van der Waals surface area contributed by atoms with Gasteiger partial charge >= 0.3 is 0 Å². The van der Waals surface area contributed by atoms with E-state index >= 15 is 0 Å². The molecule has 16 heavy (non-hydrogen) atoms. The fraction of sp³-hybridized carbons (Fsp3) is 0.692. The second-order valence-electron chi connectivity index (χ2n) is 4.22. The molecule has 92 valence electrons. The van der Waals surface area contributed by atoms with Gasteiger partial charge in [0.25, 0.3) is 0 Å². The Kier molecular flexibility index (Phi) is 5.56. The molecule has 1 aromatic heterocycles. The fourth-order valence-corrected chi connectivity index (χ4v) is 1.82. The molecule has 0 aromatic carbocycles. The van der Waals surface area contributed by atoms with Crippen molar-refractivity contribution in [1.82, 2.24) is 4.90 Å². The van der Waals surface area contributed by atoms with Gasteiger partial charge in [-0.3, -0.25) is 4.90 Å². The number of nitrogens with zero attached hydrogens (tertiary/aromatic N) is 1. The zero-order valence-electron chi connectivity index (χ0n) is 10.8. The van der Waals surface area contributed by atoms with Gasteiger partial charge < -0.3 is 10.2 Å². The fourth-order valence-electron chi connectivity index (χ4n) is 1.82. The average molecular weight is 224 g/mol. The molecular formula is C13H24N2O. The Hall–Kier alpha value is -0.800. The number of rotatable bonds is 7. The minimum absolute atomic E-state index is 0.488. The minimum atomic E-state index is 0.488. The molecule has 0 aliphatic heterocycles. The number of aryl methyl sites for hydroxylation is 1. The lowest BCUT2D eigenvalue weighted by Crippen LogP contribution is -2.24. The summed E-state index contributed by atoms with van der Waals surface area (Å²) in [5.41, 5.74) is 6.84. The van der Waals surface area contributed by atoms with Gasteiger partial charge in [-0.2, -0.15) is 0 Å². The number of hydrogen-bond donors (Lipinski definition) is 1. The topological polar surface area (TPSA) is 42.4 Å². The average Bonchev–Trinajstić information content (AvgIpc) is 2.65. The lowest BCUT2D eigenvalue weighted by atomic mass is 10.2. The second kappa shape index (κ2) is 6.71. The molecule has 0 aliphatic carbocycles. The van der Waals surface area contributed by atoms with Crippen molar-refractivity contribution in [2.75, 3.05) is 13.1 Å². The van der Waals surface area contributed by atoms with E-state index in [1.165, 1.54) is 18.4 Å². The molecule has 0 amide bonds. The molecule has 0 aliphatic rings.